The highest BCUT2D eigenvalue weighted by molar-refractivity contribution is 5.85. The molecule has 5 heteroatoms. The van der Waals surface area contributed by atoms with Crippen molar-refractivity contribution in [2.75, 3.05) is 0 Å². The second kappa shape index (κ2) is 3.02. The molecule has 2 heterocycles. The van der Waals surface area contributed by atoms with Gasteiger partial charge in [0.05, 0.1) is 11.8 Å². The summed E-state index contributed by atoms with van der Waals surface area (Å²) < 4.78 is 10.0. The van der Waals surface area contributed by atoms with E-state index >= 15 is 0 Å². The van der Waals surface area contributed by atoms with Gasteiger partial charge in [0.2, 0.25) is 5.89 Å². The number of nitrogens with zero attached hydrogens (tertiary/aromatic N) is 1. The number of aromatic nitrogens is 1. The summed E-state index contributed by atoms with van der Waals surface area (Å²) in [6.45, 7) is 1.75. The third kappa shape index (κ3) is 1.28. The number of aryl methyl sites for hydroxylation is 1. The summed E-state index contributed by atoms with van der Waals surface area (Å²) in [4.78, 5) is 14.3. The van der Waals surface area contributed by atoms with Crippen LogP contribution >= 0.6 is 0 Å². The summed E-state index contributed by atoms with van der Waals surface area (Å²) in [6.07, 6.45) is 2.60. The summed E-state index contributed by atoms with van der Waals surface area (Å²) in [5, 5.41) is 8.62. The lowest BCUT2D eigenvalue weighted by atomic mass is 10.3. The van der Waals surface area contributed by atoms with E-state index in [0.717, 1.165) is 6.26 Å². The van der Waals surface area contributed by atoms with Gasteiger partial charge in [0.15, 0.2) is 5.69 Å². The van der Waals surface area contributed by atoms with Crippen molar-refractivity contribution in [2.24, 2.45) is 0 Å². The highest BCUT2D eigenvalue weighted by atomic mass is 16.4. The van der Waals surface area contributed by atoms with Crippen molar-refractivity contribution in [3.8, 4) is 11.5 Å². The first-order valence-corrected chi connectivity index (χ1v) is 3.92. The first-order chi connectivity index (χ1) is 6.68. The molecule has 0 saturated carbocycles. The highest BCUT2D eigenvalue weighted by Crippen LogP contribution is 2.23. The van der Waals surface area contributed by atoms with Crippen LogP contribution in [0.15, 0.2) is 27.4 Å². The molecular weight excluding hydrogens is 186 g/mol. The van der Waals surface area contributed by atoms with E-state index in [0.29, 0.717) is 11.3 Å². The third-order valence-electron chi connectivity index (χ3n) is 1.81. The SMILES string of the molecule is Cc1occc1-c1nc(C(=O)O)co1. The summed E-state index contributed by atoms with van der Waals surface area (Å²) in [5.41, 5.74) is 0.554. The van der Waals surface area contributed by atoms with Crippen LogP contribution in [0.1, 0.15) is 16.2 Å². The van der Waals surface area contributed by atoms with Crippen LogP contribution in [0.25, 0.3) is 11.5 Å². The fourth-order valence-electron chi connectivity index (χ4n) is 1.10. The molecule has 0 amide bonds. The van der Waals surface area contributed by atoms with Gasteiger partial charge in [-0.2, -0.15) is 0 Å². The van der Waals surface area contributed by atoms with Crippen LogP contribution in [0.2, 0.25) is 0 Å². The Morgan fingerprint density at radius 1 is 1.50 bits per heavy atom. The van der Waals surface area contributed by atoms with E-state index < -0.39 is 5.97 Å². The average Bonchev–Trinajstić information content (AvgIpc) is 2.71. The topological polar surface area (TPSA) is 76.5 Å². The minimum Gasteiger partial charge on any atom is -0.476 e. The molecule has 0 spiro atoms. The van der Waals surface area contributed by atoms with E-state index in [-0.39, 0.29) is 11.6 Å². The Labute approximate surface area is 79.0 Å². The lowest BCUT2D eigenvalue weighted by Crippen LogP contribution is -1.95. The van der Waals surface area contributed by atoms with Gasteiger partial charge in [-0.05, 0) is 13.0 Å². The maximum atomic E-state index is 10.5. The molecule has 0 aliphatic heterocycles. The number of carbonyl (C=O) groups is 1. The van der Waals surface area contributed by atoms with E-state index in [1.165, 1.54) is 6.26 Å². The predicted octanol–water partition coefficient (Wildman–Crippen LogP) is 1.94. The normalized spacial score (nSPS) is 10.4. The molecule has 0 bridgehead atoms. The zero-order valence-corrected chi connectivity index (χ0v) is 7.35. The smallest absolute Gasteiger partial charge is 0.357 e. The van der Waals surface area contributed by atoms with Crippen molar-refractivity contribution in [3.05, 3.63) is 30.0 Å². The van der Waals surface area contributed by atoms with Crippen molar-refractivity contribution < 1.29 is 18.7 Å². The van der Waals surface area contributed by atoms with E-state index in [1.807, 2.05) is 0 Å². The molecule has 0 aromatic carbocycles. The number of hydrogen-bond acceptors (Lipinski definition) is 4. The molecule has 0 aliphatic carbocycles. The van der Waals surface area contributed by atoms with Gasteiger partial charge >= 0.3 is 5.97 Å². The van der Waals surface area contributed by atoms with Crippen LogP contribution in [-0.2, 0) is 0 Å². The van der Waals surface area contributed by atoms with Crippen LogP contribution in [0, 0.1) is 6.92 Å². The number of aromatic carboxylic acids is 1. The maximum Gasteiger partial charge on any atom is 0.357 e. The van der Waals surface area contributed by atoms with Crippen LogP contribution < -0.4 is 0 Å². The van der Waals surface area contributed by atoms with Gasteiger partial charge in [0.1, 0.15) is 12.0 Å². The molecule has 14 heavy (non-hydrogen) atoms. The van der Waals surface area contributed by atoms with Gasteiger partial charge in [-0.3, -0.25) is 0 Å². The molecule has 0 atom stereocenters. The second-order valence-corrected chi connectivity index (χ2v) is 2.73. The van der Waals surface area contributed by atoms with E-state index in [2.05, 4.69) is 4.98 Å². The molecule has 0 radical (unpaired) electrons. The van der Waals surface area contributed by atoms with Gasteiger partial charge in [-0.25, -0.2) is 9.78 Å². The van der Waals surface area contributed by atoms with Gasteiger partial charge < -0.3 is 13.9 Å². The molecule has 72 valence electrons. The molecule has 0 unspecified atom stereocenters. The summed E-state index contributed by atoms with van der Waals surface area (Å²) in [7, 11) is 0. The number of carboxylic acid groups (broad SMARTS) is 1. The van der Waals surface area contributed by atoms with Crippen LogP contribution in [0.4, 0.5) is 0 Å². The van der Waals surface area contributed by atoms with Crippen molar-refractivity contribution in [3.63, 3.8) is 0 Å². The molecule has 0 saturated heterocycles. The summed E-state index contributed by atoms with van der Waals surface area (Å²) in [5.74, 6) is -0.210. The molecule has 2 aromatic heterocycles. The molecule has 0 aliphatic rings. The lowest BCUT2D eigenvalue weighted by molar-refractivity contribution is 0.0690. The number of rotatable bonds is 2. The van der Waals surface area contributed by atoms with Crippen LogP contribution in [-0.4, -0.2) is 16.1 Å². The summed E-state index contributed by atoms with van der Waals surface area (Å²) >= 11 is 0. The number of hydrogen-bond donors (Lipinski definition) is 1. The highest BCUT2D eigenvalue weighted by Gasteiger charge is 2.14. The zero-order valence-electron chi connectivity index (χ0n) is 7.35. The Kier molecular flexibility index (Phi) is 1.85. The number of oxazole rings is 1. The minimum absolute atomic E-state index is 0.111. The van der Waals surface area contributed by atoms with Crippen LogP contribution in [0.5, 0.6) is 0 Å². The Bertz CT molecular complexity index is 469. The Balaban J connectivity index is 2.43. The Hall–Kier alpha value is -2.04. The molecule has 2 rings (SSSR count). The van der Waals surface area contributed by atoms with Gasteiger partial charge in [0, 0.05) is 0 Å². The zero-order chi connectivity index (χ0) is 10.1. The van der Waals surface area contributed by atoms with Crippen molar-refractivity contribution in [1.82, 2.24) is 4.98 Å². The molecule has 0 fully saturated rings. The quantitative estimate of drug-likeness (QED) is 0.788. The van der Waals surface area contributed by atoms with Crippen LogP contribution in [0.3, 0.4) is 0 Å². The van der Waals surface area contributed by atoms with Crippen molar-refractivity contribution >= 4 is 5.97 Å². The van der Waals surface area contributed by atoms with Crippen molar-refractivity contribution in [1.29, 1.82) is 0 Å². The largest absolute Gasteiger partial charge is 0.476 e. The summed E-state index contributed by atoms with van der Waals surface area (Å²) in [6, 6.07) is 1.67. The first kappa shape index (κ1) is 8.55. The minimum atomic E-state index is -1.11. The second-order valence-electron chi connectivity index (χ2n) is 2.73. The van der Waals surface area contributed by atoms with Gasteiger partial charge in [0.25, 0.3) is 0 Å². The lowest BCUT2D eigenvalue weighted by Gasteiger charge is -1.88. The molecular formula is C9H7NO4. The molecule has 2 aromatic rings. The fourth-order valence-corrected chi connectivity index (χ4v) is 1.10. The fraction of sp³-hybridized carbons (Fsp3) is 0.111. The first-order valence-electron chi connectivity index (χ1n) is 3.92. The average molecular weight is 193 g/mol. The van der Waals surface area contributed by atoms with Gasteiger partial charge in [-0.1, -0.05) is 0 Å². The number of furan rings is 1. The Morgan fingerprint density at radius 3 is 2.79 bits per heavy atom. The molecule has 1 N–H and O–H groups in total. The van der Waals surface area contributed by atoms with E-state index in [1.54, 1.807) is 13.0 Å². The van der Waals surface area contributed by atoms with E-state index in [4.69, 9.17) is 13.9 Å². The van der Waals surface area contributed by atoms with Crippen molar-refractivity contribution in [2.45, 2.75) is 6.92 Å². The maximum absolute atomic E-state index is 10.5. The van der Waals surface area contributed by atoms with E-state index in [9.17, 15) is 4.79 Å². The third-order valence-corrected chi connectivity index (χ3v) is 1.81. The predicted molar refractivity (Wildman–Crippen MR) is 45.9 cm³/mol. The molecule has 5 nitrogen and oxygen atoms in total. The van der Waals surface area contributed by atoms with Gasteiger partial charge in [-0.15, -0.1) is 0 Å². The Morgan fingerprint density at radius 2 is 2.29 bits per heavy atom. The number of carboxylic acids is 1. The monoisotopic (exact) mass is 193 g/mol. The standard InChI is InChI=1S/C9H7NO4/c1-5-6(2-3-13-5)8-10-7(4-14-8)9(11)12/h2-4H,1H3,(H,11,12).